The molecule has 0 aliphatic carbocycles. The van der Waals surface area contributed by atoms with Gasteiger partial charge in [0.05, 0.1) is 17.1 Å². The molecule has 8 heteroatoms. The molecule has 5 nitrogen and oxygen atoms in total. The Morgan fingerprint density at radius 1 is 1.23 bits per heavy atom. The van der Waals surface area contributed by atoms with Crippen molar-refractivity contribution in [2.45, 2.75) is 0 Å². The molecule has 0 bridgehead atoms. The lowest BCUT2D eigenvalue weighted by atomic mass is 10.1. The molecule has 0 atom stereocenters. The summed E-state index contributed by atoms with van der Waals surface area (Å²) in [6, 6.07) is 10.3. The van der Waals surface area contributed by atoms with Crippen LogP contribution in [0, 0.1) is 11.6 Å². The van der Waals surface area contributed by atoms with Crippen molar-refractivity contribution >= 4 is 38.8 Å². The molecule has 0 fully saturated rings. The second-order valence-electron chi connectivity index (χ2n) is 6.44. The summed E-state index contributed by atoms with van der Waals surface area (Å²) in [5, 5.41) is 0.633. The van der Waals surface area contributed by atoms with Crippen LogP contribution in [0.1, 0.15) is 9.67 Å². The third-order valence-corrected chi connectivity index (χ3v) is 5.61. The highest BCUT2D eigenvalue weighted by Gasteiger charge is 2.25. The van der Waals surface area contributed by atoms with Gasteiger partial charge in [-0.2, -0.15) is 0 Å². The molecule has 150 valence electrons. The summed E-state index contributed by atoms with van der Waals surface area (Å²) in [6.07, 6.45) is 4.83. The van der Waals surface area contributed by atoms with Gasteiger partial charge in [0.1, 0.15) is 21.3 Å². The number of hydrogen-bond donors (Lipinski definition) is 1. The van der Waals surface area contributed by atoms with Crippen LogP contribution < -0.4 is 10.6 Å². The number of aromatic nitrogens is 2. The van der Waals surface area contributed by atoms with Crippen molar-refractivity contribution in [3.05, 3.63) is 84.0 Å². The molecule has 0 aliphatic heterocycles. The number of amides is 1. The van der Waals surface area contributed by atoms with Crippen molar-refractivity contribution in [1.29, 1.82) is 0 Å². The van der Waals surface area contributed by atoms with Gasteiger partial charge in [-0.05, 0) is 36.4 Å². The Bertz CT molecular complexity index is 1260. The summed E-state index contributed by atoms with van der Waals surface area (Å²) in [5.41, 5.74) is 7.98. The second-order valence-corrected chi connectivity index (χ2v) is 7.44. The molecule has 4 rings (SSSR count). The van der Waals surface area contributed by atoms with Gasteiger partial charge in [-0.25, -0.2) is 13.8 Å². The number of benzene rings is 1. The summed E-state index contributed by atoms with van der Waals surface area (Å²) in [6.45, 7) is 3.65. The van der Waals surface area contributed by atoms with Crippen molar-refractivity contribution in [3.8, 4) is 11.3 Å². The highest BCUT2D eigenvalue weighted by atomic mass is 32.1. The van der Waals surface area contributed by atoms with Crippen LogP contribution in [0.25, 0.3) is 21.5 Å². The summed E-state index contributed by atoms with van der Waals surface area (Å²) < 4.78 is 27.6. The maximum absolute atomic E-state index is 14.3. The number of nitrogens with zero attached hydrogens (tertiary/aromatic N) is 3. The minimum absolute atomic E-state index is 0.0312. The lowest BCUT2D eigenvalue weighted by Crippen LogP contribution is -2.31. The van der Waals surface area contributed by atoms with E-state index in [-0.39, 0.29) is 22.8 Å². The highest BCUT2D eigenvalue weighted by Crippen LogP contribution is 2.36. The van der Waals surface area contributed by atoms with Crippen molar-refractivity contribution in [2.24, 2.45) is 0 Å². The lowest BCUT2D eigenvalue weighted by Gasteiger charge is -2.21. The van der Waals surface area contributed by atoms with E-state index in [2.05, 4.69) is 16.5 Å². The summed E-state index contributed by atoms with van der Waals surface area (Å²) in [4.78, 5) is 23.9. The molecular weight excluding hydrogens is 406 g/mol. The van der Waals surface area contributed by atoms with E-state index in [1.807, 2.05) is 12.1 Å². The van der Waals surface area contributed by atoms with Crippen LogP contribution in [0.15, 0.2) is 67.5 Å². The number of halogens is 2. The molecule has 0 radical (unpaired) electrons. The number of hydrogen-bond acceptors (Lipinski definition) is 5. The molecule has 0 unspecified atom stereocenters. The Balaban J connectivity index is 1.77. The number of pyridine rings is 2. The van der Waals surface area contributed by atoms with Gasteiger partial charge in [0, 0.05) is 36.0 Å². The smallest absolute Gasteiger partial charge is 0.270 e. The van der Waals surface area contributed by atoms with Crippen molar-refractivity contribution in [2.75, 3.05) is 17.2 Å². The van der Waals surface area contributed by atoms with Gasteiger partial charge in [0.2, 0.25) is 0 Å². The van der Waals surface area contributed by atoms with Crippen LogP contribution in [0.3, 0.4) is 0 Å². The highest BCUT2D eigenvalue weighted by molar-refractivity contribution is 7.21. The topological polar surface area (TPSA) is 72.1 Å². The molecule has 0 saturated carbocycles. The predicted octanol–water partition coefficient (Wildman–Crippen LogP) is 5.05. The molecule has 3 heterocycles. The first kappa shape index (κ1) is 19.7. The fourth-order valence-electron chi connectivity index (χ4n) is 3.07. The largest absolute Gasteiger partial charge is 0.397 e. The fraction of sp³-hybridized carbons (Fsp3) is 0.0455. The van der Waals surface area contributed by atoms with Crippen molar-refractivity contribution in [1.82, 2.24) is 9.97 Å². The average Bonchev–Trinajstić information content (AvgIpc) is 3.08. The number of nitrogen functional groups attached to an aromatic ring is 1. The van der Waals surface area contributed by atoms with E-state index in [1.165, 1.54) is 17.0 Å². The number of carbonyl (C=O) groups excluding carboxylic acids is 1. The third-order valence-electron chi connectivity index (χ3n) is 4.50. The minimum atomic E-state index is -0.845. The Hall–Kier alpha value is -3.65. The van der Waals surface area contributed by atoms with Crippen LogP contribution in [0.5, 0.6) is 0 Å². The zero-order valence-electron chi connectivity index (χ0n) is 15.7. The molecule has 4 aromatic rings. The first-order valence-electron chi connectivity index (χ1n) is 8.97. The van der Waals surface area contributed by atoms with E-state index in [9.17, 15) is 13.6 Å². The molecule has 0 saturated heterocycles. The van der Waals surface area contributed by atoms with Crippen LogP contribution in [0.4, 0.5) is 20.2 Å². The van der Waals surface area contributed by atoms with Gasteiger partial charge in [-0.1, -0.05) is 6.08 Å². The zero-order valence-corrected chi connectivity index (χ0v) is 16.5. The SMILES string of the molecule is C=CCN(C(=O)c1sc2nc(-c3cccnc3)ccc2c1N)c1ccc(F)cc1F. The van der Waals surface area contributed by atoms with Gasteiger partial charge in [0.15, 0.2) is 0 Å². The van der Waals surface area contributed by atoms with E-state index in [0.29, 0.717) is 15.9 Å². The zero-order chi connectivity index (χ0) is 21.3. The number of thiophene rings is 1. The first-order valence-corrected chi connectivity index (χ1v) is 9.78. The third kappa shape index (κ3) is 3.53. The Kier molecular flexibility index (Phi) is 5.24. The number of rotatable bonds is 5. The maximum atomic E-state index is 14.3. The fourth-order valence-corrected chi connectivity index (χ4v) is 4.12. The van der Waals surface area contributed by atoms with Crippen LogP contribution in [0.2, 0.25) is 0 Å². The molecular formula is C22H16F2N4OS. The van der Waals surface area contributed by atoms with Gasteiger partial charge < -0.3 is 10.6 Å². The summed E-state index contributed by atoms with van der Waals surface area (Å²) in [5.74, 6) is -2.08. The Labute approximate surface area is 175 Å². The summed E-state index contributed by atoms with van der Waals surface area (Å²) in [7, 11) is 0. The average molecular weight is 422 g/mol. The molecule has 3 aromatic heterocycles. The summed E-state index contributed by atoms with van der Waals surface area (Å²) >= 11 is 1.12. The molecule has 0 spiro atoms. The lowest BCUT2D eigenvalue weighted by molar-refractivity contribution is 0.0993. The Morgan fingerprint density at radius 3 is 2.77 bits per heavy atom. The molecule has 1 aromatic carbocycles. The second kappa shape index (κ2) is 8.00. The number of carbonyl (C=O) groups is 1. The van der Waals surface area contributed by atoms with E-state index in [1.54, 1.807) is 24.5 Å². The van der Waals surface area contributed by atoms with E-state index < -0.39 is 17.5 Å². The Morgan fingerprint density at radius 2 is 2.07 bits per heavy atom. The number of nitrogens with two attached hydrogens (primary N) is 1. The van der Waals surface area contributed by atoms with Gasteiger partial charge in [0.25, 0.3) is 5.91 Å². The van der Waals surface area contributed by atoms with Gasteiger partial charge >= 0.3 is 0 Å². The van der Waals surface area contributed by atoms with Gasteiger partial charge in [-0.15, -0.1) is 17.9 Å². The molecule has 0 aliphatic rings. The monoisotopic (exact) mass is 422 g/mol. The standard InChI is InChI=1S/C22H16F2N4OS/c1-2-10-28(18-8-5-14(23)11-16(18)24)22(29)20-19(25)15-6-7-17(27-21(15)30-20)13-4-3-9-26-12-13/h2-9,11-12H,1,10,25H2. The molecule has 2 N–H and O–H groups in total. The number of anilines is 2. The van der Waals surface area contributed by atoms with E-state index in [0.717, 1.165) is 29.0 Å². The predicted molar refractivity (Wildman–Crippen MR) is 115 cm³/mol. The molecule has 1 amide bonds. The first-order chi connectivity index (χ1) is 14.5. The van der Waals surface area contributed by atoms with Crippen molar-refractivity contribution in [3.63, 3.8) is 0 Å². The van der Waals surface area contributed by atoms with Gasteiger partial charge in [-0.3, -0.25) is 9.78 Å². The molecule has 30 heavy (non-hydrogen) atoms. The van der Waals surface area contributed by atoms with Crippen molar-refractivity contribution < 1.29 is 13.6 Å². The number of fused-ring (bicyclic) bond motifs is 1. The van der Waals surface area contributed by atoms with Crippen LogP contribution in [-0.2, 0) is 0 Å². The van der Waals surface area contributed by atoms with E-state index >= 15 is 0 Å². The normalized spacial score (nSPS) is 10.9. The maximum Gasteiger partial charge on any atom is 0.270 e. The van der Waals surface area contributed by atoms with E-state index in [4.69, 9.17) is 5.73 Å². The quantitative estimate of drug-likeness (QED) is 0.457. The van der Waals surface area contributed by atoms with Crippen LogP contribution in [-0.4, -0.2) is 22.4 Å². The van der Waals surface area contributed by atoms with Crippen LogP contribution >= 0.6 is 11.3 Å². The minimum Gasteiger partial charge on any atom is -0.397 e.